The van der Waals surface area contributed by atoms with Gasteiger partial charge in [-0.15, -0.1) is 0 Å². The van der Waals surface area contributed by atoms with E-state index >= 15 is 0 Å². The molecular weight excluding hydrogens is 362 g/mol. The van der Waals surface area contributed by atoms with Crippen molar-refractivity contribution in [2.24, 2.45) is 5.73 Å². The number of benzene rings is 1. The number of rotatable bonds is 6. The molecule has 0 spiro atoms. The van der Waals surface area contributed by atoms with Gasteiger partial charge >= 0.3 is 0 Å². The number of nitrogens with two attached hydrogens (primary N) is 1. The van der Waals surface area contributed by atoms with Crippen LogP contribution in [0.25, 0.3) is 0 Å². The first-order chi connectivity index (χ1) is 11.7. The highest BCUT2D eigenvalue weighted by Crippen LogP contribution is 2.27. The lowest BCUT2D eigenvalue weighted by molar-refractivity contribution is -0.134. The summed E-state index contributed by atoms with van der Waals surface area (Å²) < 4.78 is 22.4. The molecule has 0 bridgehead atoms. The molecule has 8 heteroatoms. The summed E-state index contributed by atoms with van der Waals surface area (Å²) in [6.45, 7) is 4.74. The molecule has 1 saturated heterocycles. The number of amides is 1. The van der Waals surface area contributed by atoms with Gasteiger partial charge in [0.1, 0.15) is 9.84 Å². The van der Waals surface area contributed by atoms with Gasteiger partial charge in [0.2, 0.25) is 5.91 Å². The average molecular weight is 388 g/mol. The summed E-state index contributed by atoms with van der Waals surface area (Å²) in [6.07, 6.45) is 1.31. The molecule has 2 N–H and O–H groups in total. The summed E-state index contributed by atoms with van der Waals surface area (Å²) in [5, 5.41) is 0.747. The maximum Gasteiger partial charge on any atom is 0.239 e. The molecule has 0 aliphatic carbocycles. The van der Waals surface area contributed by atoms with E-state index in [9.17, 15) is 13.2 Å². The van der Waals surface area contributed by atoms with Crippen LogP contribution in [0.5, 0.6) is 0 Å². The van der Waals surface area contributed by atoms with E-state index < -0.39 is 15.9 Å². The predicted octanol–water partition coefficient (Wildman–Crippen LogP) is 1.31. The second kappa shape index (κ2) is 8.49. The lowest BCUT2D eigenvalue weighted by atomic mass is 10.1. The Kier molecular flexibility index (Phi) is 6.85. The van der Waals surface area contributed by atoms with E-state index in [2.05, 4.69) is 11.8 Å². The van der Waals surface area contributed by atoms with Gasteiger partial charge in [-0.1, -0.05) is 29.8 Å². The van der Waals surface area contributed by atoms with Crippen molar-refractivity contribution in [3.05, 3.63) is 34.9 Å². The Labute approximate surface area is 154 Å². The first-order valence-electron chi connectivity index (χ1n) is 8.39. The summed E-state index contributed by atoms with van der Waals surface area (Å²) in [7, 11) is -3.11. The fraction of sp³-hybridized carbons (Fsp3) is 0.588. The summed E-state index contributed by atoms with van der Waals surface area (Å²) in [4.78, 5) is 16.4. The predicted molar refractivity (Wildman–Crippen MR) is 100 cm³/mol. The molecule has 6 nitrogen and oxygen atoms in total. The van der Waals surface area contributed by atoms with Gasteiger partial charge in [0.15, 0.2) is 0 Å². The lowest BCUT2D eigenvalue weighted by Gasteiger charge is -2.39. The molecule has 140 valence electrons. The van der Waals surface area contributed by atoms with Crippen molar-refractivity contribution in [1.82, 2.24) is 9.80 Å². The highest BCUT2D eigenvalue weighted by atomic mass is 35.5. The zero-order valence-corrected chi connectivity index (χ0v) is 16.3. The van der Waals surface area contributed by atoms with Crippen LogP contribution < -0.4 is 5.73 Å². The minimum atomic E-state index is -3.11. The van der Waals surface area contributed by atoms with E-state index in [-0.39, 0.29) is 24.1 Å². The Morgan fingerprint density at radius 1 is 1.24 bits per heavy atom. The quantitative estimate of drug-likeness (QED) is 0.795. The van der Waals surface area contributed by atoms with Crippen LogP contribution in [0.2, 0.25) is 5.02 Å². The van der Waals surface area contributed by atoms with Crippen LogP contribution in [-0.2, 0) is 14.6 Å². The molecular formula is C17H26ClN3O3S. The molecule has 25 heavy (non-hydrogen) atoms. The third kappa shape index (κ3) is 5.67. The SMILES string of the molecule is CC(c1ccccc1Cl)N1CCN(C(=O)C(N)CCS(C)(=O)=O)CC1. The van der Waals surface area contributed by atoms with Crippen LogP contribution in [0.3, 0.4) is 0 Å². The molecule has 1 aliphatic rings. The highest BCUT2D eigenvalue weighted by Gasteiger charge is 2.28. The molecule has 1 heterocycles. The van der Waals surface area contributed by atoms with Gasteiger partial charge in [0, 0.05) is 43.5 Å². The number of sulfone groups is 1. The zero-order valence-electron chi connectivity index (χ0n) is 14.7. The molecule has 2 unspecified atom stereocenters. The van der Waals surface area contributed by atoms with Crippen molar-refractivity contribution in [3.63, 3.8) is 0 Å². The van der Waals surface area contributed by atoms with Crippen LogP contribution in [0.4, 0.5) is 0 Å². The molecule has 2 rings (SSSR count). The fourth-order valence-corrected chi connectivity index (χ4v) is 4.01. The smallest absolute Gasteiger partial charge is 0.239 e. The molecule has 1 aliphatic heterocycles. The topological polar surface area (TPSA) is 83.7 Å². The minimum absolute atomic E-state index is 0.0661. The number of carbonyl (C=O) groups is 1. The second-order valence-corrected chi connectivity index (χ2v) is 9.25. The van der Waals surface area contributed by atoms with E-state index in [1.165, 1.54) is 0 Å². The second-order valence-electron chi connectivity index (χ2n) is 6.58. The molecule has 0 saturated carbocycles. The molecule has 2 atom stereocenters. The average Bonchev–Trinajstić information content (AvgIpc) is 2.58. The van der Waals surface area contributed by atoms with E-state index in [4.69, 9.17) is 17.3 Å². The number of nitrogens with zero attached hydrogens (tertiary/aromatic N) is 2. The summed E-state index contributed by atoms with van der Waals surface area (Å²) >= 11 is 6.27. The minimum Gasteiger partial charge on any atom is -0.339 e. The van der Waals surface area contributed by atoms with Crippen molar-refractivity contribution in [2.45, 2.75) is 25.4 Å². The van der Waals surface area contributed by atoms with Crippen LogP contribution in [0.15, 0.2) is 24.3 Å². The molecule has 1 aromatic carbocycles. The molecule has 1 amide bonds. The van der Waals surface area contributed by atoms with Crippen molar-refractivity contribution < 1.29 is 13.2 Å². The van der Waals surface area contributed by atoms with Gasteiger partial charge in [-0.25, -0.2) is 8.42 Å². The monoisotopic (exact) mass is 387 g/mol. The van der Waals surface area contributed by atoms with Gasteiger partial charge in [-0.2, -0.15) is 0 Å². The van der Waals surface area contributed by atoms with Gasteiger partial charge in [-0.3, -0.25) is 9.69 Å². The Bertz CT molecular complexity index is 703. The number of piperazine rings is 1. The summed E-state index contributed by atoms with van der Waals surface area (Å²) in [5.74, 6) is -0.239. The normalized spacial score (nSPS) is 18.8. The van der Waals surface area contributed by atoms with Crippen molar-refractivity contribution in [1.29, 1.82) is 0 Å². The maximum absolute atomic E-state index is 12.4. The lowest BCUT2D eigenvalue weighted by Crippen LogP contribution is -2.53. The van der Waals surface area contributed by atoms with Gasteiger partial charge in [0.05, 0.1) is 11.8 Å². The van der Waals surface area contributed by atoms with E-state index in [0.717, 1.165) is 29.9 Å². The van der Waals surface area contributed by atoms with E-state index in [1.54, 1.807) is 4.90 Å². The molecule has 0 radical (unpaired) electrons. The number of carbonyl (C=O) groups excluding carboxylic acids is 1. The van der Waals surface area contributed by atoms with Crippen molar-refractivity contribution >= 4 is 27.3 Å². The van der Waals surface area contributed by atoms with Gasteiger partial charge < -0.3 is 10.6 Å². The van der Waals surface area contributed by atoms with Gasteiger partial charge in [0.25, 0.3) is 0 Å². The van der Waals surface area contributed by atoms with Gasteiger partial charge in [-0.05, 0) is 25.0 Å². The standard InChI is InChI=1S/C17H26ClN3O3S/c1-13(14-5-3-4-6-15(14)18)20-8-10-21(11-9-20)17(22)16(19)7-12-25(2,23)24/h3-6,13,16H,7-12,19H2,1-2H3. The molecule has 1 fully saturated rings. The van der Waals surface area contributed by atoms with Crippen molar-refractivity contribution in [2.75, 3.05) is 38.2 Å². The largest absolute Gasteiger partial charge is 0.339 e. The third-order valence-electron chi connectivity index (χ3n) is 4.65. The van der Waals surface area contributed by atoms with Crippen LogP contribution in [0.1, 0.15) is 24.9 Å². The third-order valence-corrected chi connectivity index (χ3v) is 5.97. The number of hydrogen-bond acceptors (Lipinski definition) is 5. The fourth-order valence-electron chi connectivity index (χ4n) is 3.04. The van der Waals surface area contributed by atoms with Crippen LogP contribution in [0, 0.1) is 0 Å². The van der Waals surface area contributed by atoms with E-state index in [0.29, 0.717) is 13.1 Å². The van der Waals surface area contributed by atoms with Crippen molar-refractivity contribution in [3.8, 4) is 0 Å². The first kappa shape index (κ1) is 20.2. The molecule has 0 aromatic heterocycles. The summed E-state index contributed by atoms with van der Waals surface area (Å²) in [6, 6.07) is 7.19. The maximum atomic E-state index is 12.4. The summed E-state index contributed by atoms with van der Waals surface area (Å²) in [5.41, 5.74) is 6.95. The van der Waals surface area contributed by atoms with Crippen LogP contribution in [-0.4, -0.2) is 68.4 Å². The Morgan fingerprint density at radius 2 is 1.84 bits per heavy atom. The van der Waals surface area contributed by atoms with Crippen LogP contribution >= 0.6 is 11.6 Å². The Balaban J connectivity index is 1.88. The Hall–Kier alpha value is -1.15. The first-order valence-corrected chi connectivity index (χ1v) is 10.8. The Morgan fingerprint density at radius 3 is 2.40 bits per heavy atom. The molecule has 1 aromatic rings. The zero-order chi connectivity index (χ0) is 18.6. The highest BCUT2D eigenvalue weighted by molar-refractivity contribution is 7.90. The number of hydrogen-bond donors (Lipinski definition) is 1. The number of halogens is 1. The van der Waals surface area contributed by atoms with E-state index in [1.807, 2.05) is 24.3 Å².